The first-order valence-electron chi connectivity index (χ1n) is 7.85. The molecule has 0 spiro atoms. The number of hydrogen-bond acceptors (Lipinski definition) is 5. The standard InChI is InChI=1S/C14H33N5/c1-3-14(2)17-7-9-19-12-10-18(11-13-19)8-6-16-5-4-15/h14,16-17H,3-13,15H2,1-2H3. The molecule has 1 rings (SSSR count). The van der Waals surface area contributed by atoms with E-state index >= 15 is 0 Å². The Kier molecular flexibility index (Phi) is 9.38. The number of nitrogens with two attached hydrogens (primary N) is 1. The van der Waals surface area contributed by atoms with Crippen molar-refractivity contribution in [3.63, 3.8) is 0 Å². The molecule has 5 heteroatoms. The second-order valence-electron chi connectivity index (χ2n) is 5.49. The highest BCUT2D eigenvalue weighted by atomic mass is 15.3. The van der Waals surface area contributed by atoms with Crippen molar-refractivity contribution in [2.75, 3.05) is 65.4 Å². The van der Waals surface area contributed by atoms with Crippen LogP contribution in [0.5, 0.6) is 0 Å². The van der Waals surface area contributed by atoms with E-state index in [1.54, 1.807) is 0 Å². The van der Waals surface area contributed by atoms with Crippen LogP contribution in [0.1, 0.15) is 20.3 Å². The maximum absolute atomic E-state index is 5.45. The van der Waals surface area contributed by atoms with Crippen LogP contribution in [0.4, 0.5) is 0 Å². The van der Waals surface area contributed by atoms with Crippen LogP contribution in [0.3, 0.4) is 0 Å². The summed E-state index contributed by atoms with van der Waals surface area (Å²) in [4.78, 5) is 5.11. The molecular weight excluding hydrogens is 238 g/mol. The third kappa shape index (κ3) is 7.84. The molecule has 1 unspecified atom stereocenters. The Morgan fingerprint density at radius 2 is 1.58 bits per heavy atom. The van der Waals surface area contributed by atoms with Crippen LogP contribution in [0, 0.1) is 0 Å². The fourth-order valence-corrected chi connectivity index (χ4v) is 2.31. The van der Waals surface area contributed by atoms with Gasteiger partial charge in [0.2, 0.25) is 0 Å². The summed E-state index contributed by atoms with van der Waals surface area (Å²) in [6.45, 7) is 15.5. The second-order valence-corrected chi connectivity index (χ2v) is 5.49. The van der Waals surface area contributed by atoms with Gasteiger partial charge < -0.3 is 16.4 Å². The molecule has 114 valence electrons. The molecule has 1 fully saturated rings. The molecule has 0 radical (unpaired) electrons. The van der Waals surface area contributed by atoms with Crippen molar-refractivity contribution in [1.82, 2.24) is 20.4 Å². The van der Waals surface area contributed by atoms with Crippen LogP contribution in [-0.2, 0) is 0 Å². The van der Waals surface area contributed by atoms with E-state index < -0.39 is 0 Å². The lowest BCUT2D eigenvalue weighted by Crippen LogP contribution is -2.49. The summed E-state index contributed by atoms with van der Waals surface area (Å²) in [5.41, 5.74) is 5.45. The lowest BCUT2D eigenvalue weighted by atomic mass is 10.2. The SMILES string of the molecule is CCC(C)NCCN1CCN(CCNCCN)CC1. The van der Waals surface area contributed by atoms with Gasteiger partial charge in [-0.15, -0.1) is 0 Å². The molecule has 0 aliphatic carbocycles. The molecule has 0 aromatic carbocycles. The van der Waals surface area contributed by atoms with Crippen LogP contribution < -0.4 is 16.4 Å². The Bertz CT molecular complexity index is 204. The predicted molar refractivity (Wildman–Crippen MR) is 82.6 cm³/mol. The summed E-state index contributed by atoms with van der Waals surface area (Å²) in [6.07, 6.45) is 1.21. The molecule has 5 nitrogen and oxygen atoms in total. The van der Waals surface area contributed by atoms with Gasteiger partial charge in [-0.05, 0) is 13.3 Å². The van der Waals surface area contributed by atoms with Gasteiger partial charge >= 0.3 is 0 Å². The van der Waals surface area contributed by atoms with Gasteiger partial charge in [-0.3, -0.25) is 9.80 Å². The highest BCUT2D eigenvalue weighted by Gasteiger charge is 2.15. The van der Waals surface area contributed by atoms with Gasteiger partial charge in [0.05, 0.1) is 0 Å². The van der Waals surface area contributed by atoms with Crippen LogP contribution in [-0.4, -0.2) is 81.3 Å². The van der Waals surface area contributed by atoms with Crippen molar-refractivity contribution in [3.05, 3.63) is 0 Å². The smallest absolute Gasteiger partial charge is 0.0110 e. The molecule has 0 bridgehead atoms. The number of nitrogens with one attached hydrogen (secondary N) is 2. The Morgan fingerprint density at radius 3 is 2.11 bits per heavy atom. The fourth-order valence-electron chi connectivity index (χ4n) is 2.31. The Balaban J connectivity index is 1.99. The molecule has 1 heterocycles. The zero-order valence-electron chi connectivity index (χ0n) is 12.8. The van der Waals surface area contributed by atoms with E-state index in [9.17, 15) is 0 Å². The van der Waals surface area contributed by atoms with Crippen molar-refractivity contribution >= 4 is 0 Å². The van der Waals surface area contributed by atoms with Gasteiger partial charge in [0.25, 0.3) is 0 Å². The van der Waals surface area contributed by atoms with Crippen LogP contribution in [0.25, 0.3) is 0 Å². The minimum atomic E-state index is 0.648. The second kappa shape index (κ2) is 10.6. The monoisotopic (exact) mass is 271 g/mol. The van der Waals surface area contributed by atoms with Gasteiger partial charge in [0.1, 0.15) is 0 Å². The third-order valence-corrected chi connectivity index (χ3v) is 3.92. The van der Waals surface area contributed by atoms with E-state index in [1.165, 1.54) is 39.1 Å². The molecule has 1 aliphatic rings. The van der Waals surface area contributed by atoms with Gasteiger partial charge in [0.15, 0.2) is 0 Å². The minimum absolute atomic E-state index is 0.648. The van der Waals surface area contributed by atoms with E-state index in [-0.39, 0.29) is 0 Å². The first-order chi connectivity index (χ1) is 9.26. The molecule has 0 aromatic heterocycles. The maximum atomic E-state index is 5.45. The van der Waals surface area contributed by atoms with E-state index in [1.807, 2.05) is 0 Å². The lowest BCUT2D eigenvalue weighted by Gasteiger charge is -2.35. The third-order valence-electron chi connectivity index (χ3n) is 3.92. The number of rotatable bonds is 10. The van der Waals surface area contributed by atoms with Crippen LogP contribution >= 0.6 is 0 Å². The molecular formula is C14H33N5. The van der Waals surface area contributed by atoms with Crippen LogP contribution in [0.15, 0.2) is 0 Å². The van der Waals surface area contributed by atoms with Gasteiger partial charge in [0, 0.05) is 71.5 Å². The van der Waals surface area contributed by atoms with Crippen molar-refractivity contribution in [1.29, 1.82) is 0 Å². The normalized spacial score (nSPS) is 19.7. The molecule has 0 aromatic rings. The van der Waals surface area contributed by atoms with Gasteiger partial charge in [-0.2, -0.15) is 0 Å². The number of hydrogen-bond donors (Lipinski definition) is 3. The molecule has 1 aliphatic heterocycles. The number of nitrogens with zero attached hydrogens (tertiary/aromatic N) is 2. The Hall–Kier alpha value is -0.200. The summed E-state index contributed by atoms with van der Waals surface area (Å²) in [5.74, 6) is 0. The van der Waals surface area contributed by atoms with E-state index in [4.69, 9.17) is 5.73 Å². The minimum Gasteiger partial charge on any atom is -0.329 e. The summed E-state index contributed by atoms with van der Waals surface area (Å²) in [7, 11) is 0. The van der Waals surface area contributed by atoms with Crippen molar-refractivity contribution in [3.8, 4) is 0 Å². The van der Waals surface area contributed by atoms with E-state index in [2.05, 4.69) is 34.3 Å². The van der Waals surface area contributed by atoms with Crippen molar-refractivity contribution < 1.29 is 0 Å². The van der Waals surface area contributed by atoms with Gasteiger partial charge in [-0.1, -0.05) is 6.92 Å². The first kappa shape index (κ1) is 16.9. The molecule has 0 saturated carbocycles. The Morgan fingerprint density at radius 1 is 1.00 bits per heavy atom. The fraction of sp³-hybridized carbons (Fsp3) is 1.00. The quantitative estimate of drug-likeness (QED) is 0.470. The topological polar surface area (TPSA) is 56.6 Å². The molecule has 0 amide bonds. The summed E-state index contributed by atoms with van der Waals surface area (Å²) in [6, 6.07) is 0.648. The molecule has 1 atom stereocenters. The highest BCUT2D eigenvalue weighted by Crippen LogP contribution is 2.00. The lowest BCUT2D eigenvalue weighted by molar-refractivity contribution is 0.133. The first-order valence-corrected chi connectivity index (χ1v) is 7.85. The zero-order chi connectivity index (χ0) is 13.9. The summed E-state index contributed by atoms with van der Waals surface area (Å²) >= 11 is 0. The summed E-state index contributed by atoms with van der Waals surface area (Å²) < 4.78 is 0. The highest BCUT2D eigenvalue weighted by molar-refractivity contribution is 4.73. The Labute approximate surface area is 118 Å². The largest absolute Gasteiger partial charge is 0.329 e. The molecule has 19 heavy (non-hydrogen) atoms. The number of piperazine rings is 1. The summed E-state index contributed by atoms with van der Waals surface area (Å²) in [5, 5.41) is 6.92. The van der Waals surface area contributed by atoms with E-state index in [0.717, 1.165) is 32.7 Å². The predicted octanol–water partition coefficient (Wildman–Crippen LogP) is -0.460. The maximum Gasteiger partial charge on any atom is 0.0110 e. The molecule has 1 saturated heterocycles. The van der Waals surface area contributed by atoms with Gasteiger partial charge in [-0.25, -0.2) is 0 Å². The van der Waals surface area contributed by atoms with Crippen molar-refractivity contribution in [2.24, 2.45) is 5.73 Å². The molecule has 4 N–H and O–H groups in total. The van der Waals surface area contributed by atoms with E-state index in [0.29, 0.717) is 6.04 Å². The average Bonchev–Trinajstić information content (AvgIpc) is 2.45. The zero-order valence-corrected chi connectivity index (χ0v) is 12.8. The van der Waals surface area contributed by atoms with Crippen LogP contribution in [0.2, 0.25) is 0 Å². The van der Waals surface area contributed by atoms with Crippen molar-refractivity contribution in [2.45, 2.75) is 26.3 Å². The average molecular weight is 271 g/mol.